The Morgan fingerprint density at radius 3 is 2.68 bits per heavy atom. The maximum Gasteiger partial charge on any atom is 0.295 e. The predicted octanol–water partition coefficient (Wildman–Crippen LogP) is 3.03. The molecule has 22 heavy (non-hydrogen) atoms. The smallest absolute Gasteiger partial charge is 0.295 e. The summed E-state index contributed by atoms with van der Waals surface area (Å²) in [5.41, 5.74) is 0.0107. The van der Waals surface area contributed by atoms with Gasteiger partial charge in [0.05, 0.1) is 18.1 Å². The maximum absolute atomic E-state index is 13.6. The molecule has 0 amide bonds. The quantitative estimate of drug-likeness (QED) is 0.646. The van der Waals surface area contributed by atoms with Crippen molar-refractivity contribution in [1.82, 2.24) is 4.90 Å². The number of piperidine rings is 1. The van der Waals surface area contributed by atoms with Crippen LogP contribution >= 0.6 is 0 Å². The number of ether oxygens (including phenoxy) is 1. The van der Waals surface area contributed by atoms with Gasteiger partial charge in [0.15, 0.2) is 11.6 Å². The molecular weight excluding hydrogens is 289 g/mol. The zero-order valence-corrected chi connectivity index (χ0v) is 13.0. The first kappa shape index (κ1) is 16.5. The SMILES string of the molecule is COc1cc(NC(C)CN2CCCCC2)c([N+](=O)[O-])cc1F. The lowest BCUT2D eigenvalue weighted by atomic mass is 10.1. The first-order chi connectivity index (χ1) is 10.5. The lowest BCUT2D eigenvalue weighted by Crippen LogP contribution is -2.38. The second-order valence-electron chi connectivity index (χ2n) is 5.67. The lowest BCUT2D eigenvalue weighted by molar-refractivity contribution is -0.384. The highest BCUT2D eigenvalue weighted by atomic mass is 19.1. The van der Waals surface area contributed by atoms with Gasteiger partial charge >= 0.3 is 0 Å². The van der Waals surface area contributed by atoms with E-state index < -0.39 is 10.7 Å². The summed E-state index contributed by atoms with van der Waals surface area (Å²) in [7, 11) is 1.34. The highest BCUT2D eigenvalue weighted by Crippen LogP contribution is 2.32. The standard InChI is InChI=1S/C15H22FN3O3/c1-11(10-18-6-4-3-5-7-18)17-13-9-15(22-2)12(16)8-14(13)19(20)21/h8-9,11,17H,3-7,10H2,1-2H3. The fourth-order valence-electron chi connectivity index (χ4n) is 2.81. The van der Waals surface area contributed by atoms with E-state index in [1.165, 1.54) is 32.4 Å². The second-order valence-corrected chi connectivity index (χ2v) is 5.67. The van der Waals surface area contributed by atoms with Gasteiger partial charge in [-0.1, -0.05) is 6.42 Å². The van der Waals surface area contributed by atoms with Crippen LogP contribution in [0.3, 0.4) is 0 Å². The molecule has 2 rings (SSSR count). The number of nitro groups is 1. The summed E-state index contributed by atoms with van der Waals surface area (Å²) in [4.78, 5) is 12.8. The number of anilines is 1. The zero-order chi connectivity index (χ0) is 16.1. The molecule has 1 aromatic carbocycles. The first-order valence-corrected chi connectivity index (χ1v) is 7.52. The van der Waals surface area contributed by atoms with Crippen LogP contribution in [0.2, 0.25) is 0 Å². The van der Waals surface area contributed by atoms with Crippen LogP contribution in [0.4, 0.5) is 15.8 Å². The monoisotopic (exact) mass is 311 g/mol. The summed E-state index contributed by atoms with van der Waals surface area (Å²) < 4.78 is 18.5. The van der Waals surface area contributed by atoms with E-state index in [4.69, 9.17) is 4.74 Å². The van der Waals surface area contributed by atoms with E-state index in [1.807, 2.05) is 6.92 Å². The van der Waals surface area contributed by atoms with E-state index in [9.17, 15) is 14.5 Å². The average molecular weight is 311 g/mol. The third-order valence-electron chi connectivity index (χ3n) is 3.85. The van der Waals surface area contributed by atoms with Crippen LogP contribution < -0.4 is 10.1 Å². The van der Waals surface area contributed by atoms with Crippen molar-refractivity contribution in [2.24, 2.45) is 0 Å². The molecular formula is C15H22FN3O3. The second kappa shape index (κ2) is 7.40. The van der Waals surface area contributed by atoms with Crippen molar-refractivity contribution in [3.8, 4) is 5.75 Å². The normalized spacial score (nSPS) is 17.0. The Morgan fingerprint density at radius 1 is 1.41 bits per heavy atom. The minimum atomic E-state index is -0.733. The first-order valence-electron chi connectivity index (χ1n) is 7.52. The van der Waals surface area contributed by atoms with Crippen molar-refractivity contribution in [3.05, 3.63) is 28.1 Å². The third kappa shape index (κ3) is 4.07. The Hall–Kier alpha value is -1.89. The van der Waals surface area contributed by atoms with Gasteiger partial charge in [0.2, 0.25) is 0 Å². The summed E-state index contributed by atoms with van der Waals surface area (Å²) >= 11 is 0. The van der Waals surface area contributed by atoms with Gasteiger partial charge in [-0.05, 0) is 32.9 Å². The molecule has 6 nitrogen and oxygen atoms in total. The average Bonchev–Trinajstić information content (AvgIpc) is 2.49. The zero-order valence-electron chi connectivity index (χ0n) is 13.0. The molecule has 122 valence electrons. The van der Waals surface area contributed by atoms with Crippen molar-refractivity contribution < 1.29 is 14.1 Å². The fourth-order valence-corrected chi connectivity index (χ4v) is 2.81. The predicted molar refractivity (Wildman–Crippen MR) is 83.0 cm³/mol. The van der Waals surface area contributed by atoms with Gasteiger partial charge in [-0.25, -0.2) is 4.39 Å². The van der Waals surface area contributed by atoms with E-state index in [0.717, 1.165) is 25.7 Å². The number of hydrogen-bond acceptors (Lipinski definition) is 5. The van der Waals surface area contributed by atoms with Crippen molar-refractivity contribution in [1.29, 1.82) is 0 Å². The van der Waals surface area contributed by atoms with E-state index in [2.05, 4.69) is 10.2 Å². The molecule has 0 aromatic heterocycles. The number of rotatable bonds is 6. The molecule has 1 fully saturated rings. The molecule has 1 N–H and O–H groups in total. The molecule has 1 heterocycles. The Morgan fingerprint density at radius 2 is 2.09 bits per heavy atom. The number of nitro benzene ring substituents is 1. The molecule has 1 saturated heterocycles. The van der Waals surface area contributed by atoms with E-state index in [1.54, 1.807) is 0 Å². The number of likely N-dealkylation sites (tertiary alicyclic amines) is 1. The van der Waals surface area contributed by atoms with Crippen molar-refractivity contribution in [3.63, 3.8) is 0 Å². The van der Waals surface area contributed by atoms with Gasteiger partial charge in [-0.2, -0.15) is 0 Å². The van der Waals surface area contributed by atoms with Gasteiger partial charge in [0.25, 0.3) is 5.69 Å². The summed E-state index contributed by atoms with van der Waals surface area (Å²) in [5.74, 6) is -0.735. The number of benzene rings is 1. The minimum absolute atomic E-state index is 0.00160. The van der Waals surface area contributed by atoms with Crippen LogP contribution in [-0.2, 0) is 0 Å². The van der Waals surface area contributed by atoms with Crippen LogP contribution in [0.1, 0.15) is 26.2 Å². The molecule has 0 saturated carbocycles. The number of hydrogen-bond donors (Lipinski definition) is 1. The number of nitrogens with zero attached hydrogens (tertiary/aromatic N) is 2. The number of halogens is 1. The summed E-state index contributed by atoms with van der Waals surface area (Å²) in [5, 5.41) is 14.2. The van der Waals surface area contributed by atoms with E-state index in [0.29, 0.717) is 0 Å². The van der Waals surface area contributed by atoms with Gasteiger partial charge < -0.3 is 15.0 Å². The van der Waals surface area contributed by atoms with Gasteiger partial charge in [0.1, 0.15) is 5.69 Å². The van der Waals surface area contributed by atoms with Crippen molar-refractivity contribution >= 4 is 11.4 Å². The number of nitrogens with one attached hydrogen (secondary N) is 1. The van der Waals surface area contributed by atoms with E-state index in [-0.39, 0.29) is 23.2 Å². The van der Waals surface area contributed by atoms with Crippen LogP contribution in [0.15, 0.2) is 12.1 Å². The number of methoxy groups -OCH3 is 1. The largest absolute Gasteiger partial charge is 0.494 e. The van der Waals surface area contributed by atoms with Crippen LogP contribution in [-0.4, -0.2) is 42.6 Å². The Kier molecular flexibility index (Phi) is 5.54. The van der Waals surface area contributed by atoms with Gasteiger partial charge in [-0.3, -0.25) is 10.1 Å². The van der Waals surface area contributed by atoms with Crippen molar-refractivity contribution in [2.75, 3.05) is 32.1 Å². The summed E-state index contributed by atoms with van der Waals surface area (Å²) in [6.45, 7) is 4.88. The molecule has 1 aliphatic rings. The third-order valence-corrected chi connectivity index (χ3v) is 3.85. The summed E-state index contributed by atoms with van der Waals surface area (Å²) in [6.07, 6.45) is 3.65. The highest BCUT2D eigenvalue weighted by molar-refractivity contribution is 5.65. The maximum atomic E-state index is 13.6. The lowest BCUT2D eigenvalue weighted by Gasteiger charge is -2.29. The Labute approximate surface area is 129 Å². The van der Waals surface area contributed by atoms with Crippen LogP contribution in [0, 0.1) is 15.9 Å². The molecule has 1 aromatic rings. The van der Waals surface area contributed by atoms with Gasteiger partial charge in [0, 0.05) is 18.7 Å². The molecule has 1 atom stereocenters. The summed E-state index contributed by atoms with van der Waals surface area (Å²) in [6, 6.07) is 2.27. The molecule has 1 aliphatic heterocycles. The molecule has 7 heteroatoms. The topological polar surface area (TPSA) is 67.6 Å². The minimum Gasteiger partial charge on any atom is -0.494 e. The van der Waals surface area contributed by atoms with Crippen LogP contribution in [0.25, 0.3) is 0 Å². The fraction of sp³-hybridized carbons (Fsp3) is 0.600. The Bertz CT molecular complexity index is 533. The Balaban J connectivity index is 2.10. The molecule has 0 spiro atoms. The molecule has 1 unspecified atom stereocenters. The van der Waals surface area contributed by atoms with Crippen molar-refractivity contribution in [2.45, 2.75) is 32.2 Å². The molecule has 0 radical (unpaired) electrons. The molecule has 0 bridgehead atoms. The highest BCUT2D eigenvalue weighted by Gasteiger charge is 2.21. The van der Waals surface area contributed by atoms with Crippen LogP contribution in [0.5, 0.6) is 5.75 Å². The molecule has 0 aliphatic carbocycles. The van der Waals surface area contributed by atoms with E-state index >= 15 is 0 Å². The van der Waals surface area contributed by atoms with Gasteiger partial charge in [-0.15, -0.1) is 0 Å².